The summed E-state index contributed by atoms with van der Waals surface area (Å²) in [5.41, 5.74) is 9.03. The molecule has 33 heavy (non-hydrogen) atoms. The van der Waals surface area contributed by atoms with Crippen LogP contribution >= 0.6 is 0 Å². The standard InChI is InChI=1S/C24H34N6O3/c1-18-14-28-23(24(25)26-10-13-31)22(18)29-21(33)17-30(11-6-3-7-12-30)16-20(32)27-15-19-8-4-2-5-9-19/h2,4-5,8-9,14,31H,3,6-7,10-13,15-17H2,1H3,(H4-,25,26,27,28,29,32,33)/p+1. The second-order valence-corrected chi connectivity index (χ2v) is 8.69. The van der Waals surface area contributed by atoms with Gasteiger partial charge in [0.2, 0.25) is 0 Å². The second-order valence-electron chi connectivity index (χ2n) is 8.69. The number of hydrogen-bond donors (Lipinski definition) is 5. The molecular weight excluding hydrogens is 420 g/mol. The maximum atomic E-state index is 13.1. The van der Waals surface area contributed by atoms with Gasteiger partial charge in [0.25, 0.3) is 11.8 Å². The fourth-order valence-electron chi connectivity index (χ4n) is 4.33. The molecule has 1 saturated heterocycles. The number of carbonyl (C=O) groups is 2. The zero-order chi connectivity index (χ0) is 23.7. The van der Waals surface area contributed by atoms with Crippen molar-refractivity contribution in [2.75, 3.05) is 44.6 Å². The van der Waals surface area contributed by atoms with E-state index >= 15 is 0 Å². The Morgan fingerprint density at radius 3 is 2.52 bits per heavy atom. The van der Waals surface area contributed by atoms with Gasteiger partial charge in [0.15, 0.2) is 13.1 Å². The Morgan fingerprint density at radius 2 is 1.82 bits per heavy atom. The average molecular weight is 456 g/mol. The zero-order valence-corrected chi connectivity index (χ0v) is 19.3. The number of piperidine rings is 1. The number of likely N-dealkylation sites (tertiary alicyclic amines) is 1. The molecule has 1 aliphatic heterocycles. The van der Waals surface area contributed by atoms with Gasteiger partial charge >= 0.3 is 0 Å². The third-order valence-electron chi connectivity index (χ3n) is 6.04. The number of aliphatic hydroxyl groups is 1. The fourth-order valence-corrected chi connectivity index (χ4v) is 4.33. The maximum Gasteiger partial charge on any atom is 0.279 e. The van der Waals surface area contributed by atoms with Crippen molar-refractivity contribution in [2.24, 2.45) is 10.7 Å². The molecule has 0 saturated carbocycles. The van der Waals surface area contributed by atoms with E-state index in [1.807, 2.05) is 37.3 Å². The molecule has 9 heteroatoms. The predicted octanol–water partition coefficient (Wildman–Crippen LogP) is 1.28. The Kier molecular flexibility index (Phi) is 8.62. The van der Waals surface area contributed by atoms with Crippen molar-refractivity contribution >= 4 is 23.3 Å². The summed E-state index contributed by atoms with van der Waals surface area (Å²) < 4.78 is 0.444. The van der Waals surface area contributed by atoms with Crippen LogP contribution in [0, 0.1) is 6.92 Å². The lowest BCUT2D eigenvalue weighted by atomic mass is 10.1. The van der Waals surface area contributed by atoms with Crippen LogP contribution in [0.15, 0.2) is 41.5 Å². The molecule has 2 aromatic rings. The molecular formula is C24H35N6O3+. The minimum Gasteiger partial charge on any atom is -0.394 e. The monoisotopic (exact) mass is 455 g/mol. The molecule has 1 aromatic heterocycles. The first kappa shape index (κ1) is 24.5. The lowest BCUT2D eigenvalue weighted by molar-refractivity contribution is -0.917. The molecule has 0 radical (unpaired) electrons. The number of amidine groups is 1. The minimum absolute atomic E-state index is 0.0487. The molecule has 0 unspecified atom stereocenters. The molecule has 2 amide bonds. The van der Waals surface area contributed by atoms with Gasteiger partial charge in [0.1, 0.15) is 11.5 Å². The van der Waals surface area contributed by atoms with Gasteiger partial charge in [-0.25, -0.2) is 0 Å². The maximum absolute atomic E-state index is 13.1. The van der Waals surface area contributed by atoms with Gasteiger partial charge in [0, 0.05) is 12.7 Å². The van der Waals surface area contributed by atoms with Crippen LogP contribution in [0.1, 0.15) is 36.1 Å². The second kappa shape index (κ2) is 11.6. The highest BCUT2D eigenvalue weighted by Gasteiger charge is 2.35. The molecule has 178 valence electrons. The van der Waals surface area contributed by atoms with Gasteiger partial charge in [-0.1, -0.05) is 30.3 Å². The van der Waals surface area contributed by atoms with Gasteiger partial charge < -0.3 is 30.9 Å². The third-order valence-corrected chi connectivity index (χ3v) is 6.04. The molecule has 0 spiro atoms. The number of nitrogens with two attached hydrogens (primary N) is 1. The minimum atomic E-state index is -0.160. The summed E-state index contributed by atoms with van der Waals surface area (Å²) in [7, 11) is 0. The smallest absolute Gasteiger partial charge is 0.279 e. The van der Waals surface area contributed by atoms with Crippen molar-refractivity contribution in [2.45, 2.75) is 32.7 Å². The largest absolute Gasteiger partial charge is 0.394 e. The van der Waals surface area contributed by atoms with E-state index < -0.39 is 0 Å². The highest BCUT2D eigenvalue weighted by atomic mass is 16.3. The number of carbonyl (C=O) groups excluding carboxylic acids is 2. The van der Waals surface area contributed by atoms with E-state index in [1.165, 1.54) is 0 Å². The average Bonchev–Trinajstić information content (AvgIpc) is 3.17. The van der Waals surface area contributed by atoms with E-state index in [4.69, 9.17) is 10.8 Å². The Labute approximate surface area is 194 Å². The van der Waals surface area contributed by atoms with Crippen molar-refractivity contribution in [3.63, 3.8) is 0 Å². The van der Waals surface area contributed by atoms with E-state index in [-0.39, 0.29) is 43.9 Å². The van der Waals surface area contributed by atoms with Crippen molar-refractivity contribution < 1.29 is 19.2 Å². The van der Waals surface area contributed by atoms with Crippen LogP contribution in [0.2, 0.25) is 0 Å². The number of aliphatic imine (C=N–C) groups is 1. The Bertz CT molecular complexity index is 964. The van der Waals surface area contributed by atoms with Crippen LogP contribution in [0.25, 0.3) is 0 Å². The number of aromatic nitrogens is 1. The van der Waals surface area contributed by atoms with E-state index in [0.29, 0.717) is 22.4 Å². The van der Waals surface area contributed by atoms with E-state index in [2.05, 4.69) is 20.6 Å². The molecule has 1 aliphatic rings. The normalized spacial score (nSPS) is 15.8. The molecule has 1 aromatic carbocycles. The number of hydrogen-bond acceptors (Lipinski definition) is 4. The van der Waals surface area contributed by atoms with Gasteiger partial charge in [-0.3, -0.25) is 14.6 Å². The Morgan fingerprint density at radius 1 is 1.12 bits per heavy atom. The quantitative estimate of drug-likeness (QED) is 0.210. The highest BCUT2D eigenvalue weighted by Crippen LogP contribution is 2.22. The lowest BCUT2D eigenvalue weighted by Crippen LogP contribution is -2.59. The Balaban J connectivity index is 1.66. The first-order valence-corrected chi connectivity index (χ1v) is 11.5. The predicted molar refractivity (Wildman–Crippen MR) is 129 cm³/mol. The number of amides is 2. The Hall–Kier alpha value is -3.17. The van der Waals surface area contributed by atoms with Crippen LogP contribution in [-0.2, 0) is 16.1 Å². The molecule has 6 N–H and O–H groups in total. The topological polar surface area (TPSA) is 133 Å². The first-order valence-electron chi connectivity index (χ1n) is 11.5. The van der Waals surface area contributed by atoms with E-state index in [9.17, 15) is 9.59 Å². The zero-order valence-electron chi connectivity index (χ0n) is 19.3. The molecule has 0 bridgehead atoms. The summed E-state index contributed by atoms with van der Waals surface area (Å²) >= 11 is 0. The number of aryl methyl sites for hydroxylation is 1. The summed E-state index contributed by atoms with van der Waals surface area (Å²) in [6.45, 7) is 4.53. The van der Waals surface area contributed by atoms with Crippen molar-refractivity contribution in [1.82, 2.24) is 10.3 Å². The number of benzene rings is 1. The lowest BCUT2D eigenvalue weighted by Gasteiger charge is -2.40. The molecule has 9 nitrogen and oxygen atoms in total. The van der Waals surface area contributed by atoms with Crippen molar-refractivity contribution in [1.29, 1.82) is 0 Å². The number of quaternary nitrogens is 1. The summed E-state index contributed by atoms with van der Waals surface area (Å²) in [6, 6.07) is 9.80. The summed E-state index contributed by atoms with van der Waals surface area (Å²) in [4.78, 5) is 33.0. The molecule has 0 aliphatic carbocycles. The molecule has 3 rings (SSSR count). The van der Waals surface area contributed by atoms with Gasteiger partial charge in [-0.15, -0.1) is 0 Å². The highest BCUT2D eigenvalue weighted by molar-refractivity contribution is 6.05. The van der Waals surface area contributed by atoms with Crippen LogP contribution in [0.4, 0.5) is 5.69 Å². The van der Waals surface area contributed by atoms with Gasteiger partial charge in [0.05, 0.1) is 31.9 Å². The van der Waals surface area contributed by atoms with Gasteiger partial charge in [-0.2, -0.15) is 0 Å². The number of H-pyrrole nitrogens is 1. The number of rotatable bonds is 10. The molecule has 2 heterocycles. The van der Waals surface area contributed by atoms with Crippen molar-refractivity contribution in [3.8, 4) is 0 Å². The SMILES string of the molecule is Cc1c[nH]c(C(N)=NCCO)c1NC(=O)C[N+]1(CC(=O)NCc2ccccc2)CCCCC1. The first-order chi connectivity index (χ1) is 15.9. The summed E-state index contributed by atoms with van der Waals surface area (Å²) in [5, 5.41) is 15.0. The third kappa shape index (κ3) is 6.90. The van der Waals surface area contributed by atoms with Gasteiger partial charge in [-0.05, 0) is 37.3 Å². The van der Waals surface area contributed by atoms with Crippen LogP contribution < -0.4 is 16.4 Å². The van der Waals surface area contributed by atoms with Crippen LogP contribution in [0.5, 0.6) is 0 Å². The van der Waals surface area contributed by atoms with Crippen LogP contribution in [0.3, 0.4) is 0 Å². The number of aliphatic hydroxyl groups excluding tert-OH is 1. The molecule has 0 atom stereocenters. The van der Waals surface area contributed by atoms with E-state index in [1.54, 1.807) is 6.20 Å². The number of nitrogens with zero attached hydrogens (tertiary/aromatic N) is 2. The number of anilines is 1. The fraction of sp³-hybridized carbons (Fsp3) is 0.458. The van der Waals surface area contributed by atoms with Crippen molar-refractivity contribution in [3.05, 3.63) is 53.3 Å². The number of aromatic amines is 1. The summed E-state index contributed by atoms with van der Waals surface area (Å²) in [6.07, 6.45) is 4.86. The van der Waals surface area contributed by atoms with Crippen LogP contribution in [-0.4, -0.2) is 71.6 Å². The molecule has 1 fully saturated rings. The summed E-state index contributed by atoms with van der Waals surface area (Å²) in [5.74, 6) is 0.0220. The number of nitrogens with one attached hydrogen (secondary N) is 3. The van der Waals surface area contributed by atoms with E-state index in [0.717, 1.165) is 43.5 Å².